The minimum Gasteiger partial charge on any atom is -0.396 e. The second kappa shape index (κ2) is 6.33. The van der Waals surface area contributed by atoms with Gasteiger partial charge in [-0.1, -0.05) is 11.6 Å². The molecule has 2 amide bonds. The maximum absolute atomic E-state index is 12.2. The van der Waals surface area contributed by atoms with Crippen molar-refractivity contribution in [3.8, 4) is 0 Å². The first kappa shape index (κ1) is 16.0. The SMILES string of the molecule is O=C(Nc1ccc([N+](=O)[O-])cc1Cl)NC1C2CCC(C2)C1CO. The largest absolute Gasteiger partial charge is 0.396 e. The molecule has 0 aliphatic heterocycles. The van der Waals surface area contributed by atoms with E-state index in [0.29, 0.717) is 17.5 Å². The standard InChI is InChI=1S/C15H18ClN3O4/c16-12-6-10(19(22)23)3-4-13(12)17-15(21)18-14-9-2-1-8(5-9)11(14)7-20/h3-4,6,8-9,11,14,20H,1-2,5,7H2,(H2,17,18,21). The fraction of sp³-hybridized carbons (Fsp3) is 0.533. The van der Waals surface area contributed by atoms with E-state index < -0.39 is 11.0 Å². The third kappa shape index (κ3) is 3.11. The number of carbonyl (C=O) groups is 1. The summed E-state index contributed by atoms with van der Waals surface area (Å²) < 4.78 is 0. The van der Waals surface area contributed by atoms with Crippen LogP contribution in [0, 0.1) is 27.9 Å². The molecule has 0 spiro atoms. The van der Waals surface area contributed by atoms with Gasteiger partial charge in [0.05, 0.1) is 15.6 Å². The minimum absolute atomic E-state index is 0.0319. The van der Waals surface area contributed by atoms with Crippen LogP contribution in [0.5, 0.6) is 0 Å². The summed E-state index contributed by atoms with van der Waals surface area (Å²) >= 11 is 5.97. The monoisotopic (exact) mass is 339 g/mol. The van der Waals surface area contributed by atoms with Gasteiger partial charge in [-0.05, 0) is 37.2 Å². The van der Waals surface area contributed by atoms with Gasteiger partial charge in [-0.15, -0.1) is 0 Å². The summed E-state index contributed by atoms with van der Waals surface area (Å²) in [7, 11) is 0. The normalized spacial score (nSPS) is 28.6. The molecule has 0 aromatic heterocycles. The molecule has 8 heteroatoms. The van der Waals surface area contributed by atoms with Crippen molar-refractivity contribution in [2.24, 2.45) is 17.8 Å². The van der Waals surface area contributed by atoms with Crippen LogP contribution >= 0.6 is 11.6 Å². The number of rotatable bonds is 4. The number of carbonyl (C=O) groups excluding carboxylic acids is 1. The van der Waals surface area contributed by atoms with Gasteiger partial charge in [0.15, 0.2) is 0 Å². The quantitative estimate of drug-likeness (QED) is 0.579. The van der Waals surface area contributed by atoms with E-state index in [1.54, 1.807) is 0 Å². The number of nitrogens with one attached hydrogen (secondary N) is 2. The van der Waals surface area contributed by atoms with Crippen molar-refractivity contribution in [3.63, 3.8) is 0 Å². The lowest BCUT2D eigenvalue weighted by Crippen LogP contribution is -2.46. The Balaban J connectivity index is 1.65. The predicted octanol–water partition coefficient (Wildman–Crippen LogP) is 2.78. The van der Waals surface area contributed by atoms with E-state index in [1.807, 2.05) is 0 Å². The second-order valence-electron chi connectivity index (χ2n) is 6.23. The summed E-state index contributed by atoms with van der Waals surface area (Å²) in [4.78, 5) is 22.3. The van der Waals surface area contributed by atoms with Gasteiger partial charge in [-0.3, -0.25) is 10.1 Å². The van der Waals surface area contributed by atoms with Crippen LogP contribution in [-0.4, -0.2) is 28.7 Å². The summed E-state index contributed by atoms with van der Waals surface area (Å²) in [6, 6.07) is 3.46. The maximum atomic E-state index is 12.2. The molecule has 1 aromatic carbocycles. The molecule has 0 saturated heterocycles. The van der Waals surface area contributed by atoms with Gasteiger partial charge in [-0.2, -0.15) is 0 Å². The molecular formula is C15H18ClN3O4. The lowest BCUT2D eigenvalue weighted by Gasteiger charge is -2.30. The van der Waals surface area contributed by atoms with Gasteiger partial charge in [0.1, 0.15) is 0 Å². The molecule has 124 valence electrons. The average Bonchev–Trinajstić information content (AvgIpc) is 3.10. The maximum Gasteiger partial charge on any atom is 0.319 e. The number of nitro groups is 1. The minimum atomic E-state index is -0.545. The van der Waals surface area contributed by atoms with Crippen molar-refractivity contribution in [2.45, 2.75) is 25.3 Å². The Morgan fingerprint density at radius 1 is 1.39 bits per heavy atom. The Hall–Kier alpha value is -1.86. The highest BCUT2D eigenvalue weighted by atomic mass is 35.5. The van der Waals surface area contributed by atoms with E-state index in [1.165, 1.54) is 18.2 Å². The second-order valence-corrected chi connectivity index (χ2v) is 6.63. The first-order chi connectivity index (χ1) is 11.0. The molecule has 3 N–H and O–H groups in total. The number of nitro benzene ring substituents is 1. The molecule has 3 rings (SSSR count). The van der Waals surface area contributed by atoms with Crippen LogP contribution in [-0.2, 0) is 0 Å². The van der Waals surface area contributed by atoms with Crippen LogP contribution in [0.3, 0.4) is 0 Å². The molecule has 2 fully saturated rings. The molecule has 7 nitrogen and oxygen atoms in total. The lowest BCUT2D eigenvalue weighted by atomic mass is 9.85. The fourth-order valence-electron chi connectivity index (χ4n) is 3.93. The van der Waals surface area contributed by atoms with Crippen LogP contribution in [0.1, 0.15) is 19.3 Å². The summed E-state index contributed by atoms with van der Waals surface area (Å²) in [6.45, 7) is 0.0738. The molecule has 2 bridgehead atoms. The van der Waals surface area contributed by atoms with E-state index in [0.717, 1.165) is 19.3 Å². The number of nitrogens with zero attached hydrogens (tertiary/aromatic N) is 1. The van der Waals surface area contributed by atoms with Crippen LogP contribution in [0.25, 0.3) is 0 Å². The number of halogens is 1. The smallest absolute Gasteiger partial charge is 0.319 e. The number of anilines is 1. The van der Waals surface area contributed by atoms with Crippen molar-refractivity contribution in [3.05, 3.63) is 33.3 Å². The molecule has 4 unspecified atom stereocenters. The first-order valence-corrected chi connectivity index (χ1v) is 7.99. The van der Waals surface area contributed by atoms with Crippen molar-refractivity contribution in [2.75, 3.05) is 11.9 Å². The van der Waals surface area contributed by atoms with Crippen molar-refractivity contribution in [1.29, 1.82) is 0 Å². The highest BCUT2D eigenvalue weighted by Gasteiger charge is 2.47. The Labute approximate surface area is 138 Å². The van der Waals surface area contributed by atoms with E-state index in [2.05, 4.69) is 10.6 Å². The Morgan fingerprint density at radius 3 is 2.78 bits per heavy atom. The molecule has 4 atom stereocenters. The molecule has 0 heterocycles. The van der Waals surface area contributed by atoms with Crippen LogP contribution in [0.2, 0.25) is 5.02 Å². The van der Waals surface area contributed by atoms with Crippen molar-refractivity contribution < 1.29 is 14.8 Å². The van der Waals surface area contributed by atoms with Gasteiger partial charge < -0.3 is 15.7 Å². The van der Waals surface area contributed by atoms with Gasteiger partial charge in [-0.25, -0.2) is 4.79 Å². The lowest BCUT2D eigenvalue weighted by molar-refractivity contribution is -0.384. The number of aliphatic hydroxyl groups is 1. The zero-order valence-corrected chi connectivity index (χ0v) is 13.1. The molecule has 2 aliphatic carbocycles. The van der Waals surface area contributed by atoms with Crippen molar-refractivity contribution >= 4 is 29.0 Å². The number of hydrogen-bond donors (Lipinski definition) is 3. The number of aliphatic hydroxyl groups excluding tert-OH is 1. The van der Waals surface area contributed by atoms with Gasteiger partial charge in [0.2, 0.25) is 0 Å². The van der Waals surface area contributed by atoms with Crippen LogP contribution < -0.4 is 10.6 Å². The number of non-ortho nitro benzene ring substituents is 1. The highest BCUT2D eigenvalue weighted by Crippen LogP contribution is 2.48. The highest BCUT2D eigenvalue weighted by molar-refractivity contribution is 6.33. The van der Waals surface area contributed by atoms with Gasteiger partial charge >= 0.3 is 6.03 Å². The third-order valence-corrected chi connectivity index (χ3v) is 5.32. The number of urea groups is 1. The summed E-state index contributed by atoms with van der Waals surface area (Å²) in [6.07, 6.45) is 3.24. The third-order valence-electron chi connectivity index (χ3n) is 5.01. The first-order valence-electron chi connectivity index (χ1n) is 7.62. The van der Waals surface area contributed by atoms with Crippen molar-refractivity contribution in [1.82, 2.24) is 5.32 Å². The van der Waals surface area contributed by atoms with E-state index in [-0.39, 0.29) is 29.3 Å². The predicted molar refractivity (Wildman–Crippen MR) is 85.5 cm³/mol. The zero-order chi connectivity index (χ0) is 16.6. The number of benzene rings is 1. The number of hydrogen-bond acceptors (Lipinski definition) is 4. The van der Waals surface area contributed by atoms with Gasteiger partial charge in [0, 0.05) is 30.7 Å². The number of fused-ring (bicyclic) bond motifs is 2. The molecule has 2 saturated carbocycles. The van der Waals surface area contributed by atoms with Crippen LogP contribution in [0.4, 0.5) is 16.2 Å². The van der Waals surface area contributed by atoms with E-state index in [4.69, 9.17) is 11.6 Å². The number of amides is 2. The van der Waals surface area contributed by atoms with Crippen LogP contribution in [0.15, 0.2) is 18.2 Å². The molecule has 2 aliphatic rings. The molecule has 1 aromatic rings. The molecule has 23 heavy (non-hydrogen) atoms. The van der Waals surface area contributed by atoms with Gasteiger partial charge in [0.25, 0.3) is 5.69 Å². The zero-order valence-electron chi connectivity index (χ0n) is 12.4. The summed E-state index contributed by atoms with van der Waals surface area (Å²) in [5.41, 5.74) is 0.188. The Kier molecular flexibility index (Phi) is 4.41. The molecular weight excluding hydrogens is 322 g/mol. The van der Waals surface area contributed by atoms with E-state index in [9.17, 15) is 20.0 Å². The summed E-state index contributed by atoms with van der Waals surface area (Å²) in [5.74, 6) is 1.00. The topological polar surface area (TPSA) is 104 Å². The fourth-order valence-corrected chi connectivity index (χ4v) is 4.15. The summed E-state index contributed by atoms with van der Waals surface area (Å²) in [5, 5.41) is 25.9. The Morgan fingerprint density at radius 2 is 2.13 bits per heavy atom. The molecule has 0 radical (unpaired) electrons. The Bertz CT molecular complexity index is 639. The average molecular weight is 340 g/mol. The van der Waals surface area contributed by atoms with E-state index >= 15 is 0 Å².